The van der Waals surface area contributed by atoms with Gasteiger partial charge in [0.25, 0.3) is 5.91 Å². The number of hydrogen-bond donors (Lipinski definition) is 2. The highest BCUT2D eigenvalue weighted by molar-refractivity contribution is 5.94. The fraction of sp³-hybridized carbons (Fsp3) is 0.235. The van der Waals surface area contributed by atoms with E-state index in [4.69, 9.17) is 4.74 Å². The first kappa shape index (κ1) is 16.0. The predicted molar refractivity (Wildman–Crippen MR) is 81.4 cm³/mol. The minimum atomic E-state index is -0.829. The monoisotopic (exact) mass is 303 g/mol. The highest BCUT2D eigenvalue weighted by atomic mass is 19.1. The molecular formula is C17H18FNO3. The number of carbonyl (C=O) groups is 1. The molecule has 22 heavy (non-hydrogen) atoms. The van der Waals surface area contributed by atoms with Crippen molar-refractivity contribution in [3.63, 3.8) is 0 Å². The van der Waals surface area contributed by atoms with Gasteiger partial charge in [-0.1, -0.05) is 12.1 Å². The lowest BCUT2D eigenvalue weighted by molar-refractivity contribution is 0.0843. The molecule has 0 heterocycles. The van der Waals surface area contributed by atoms with E-state index in [1.165, 1.54) is 24.3 Å². The molecule has 4 nitrogen and oxygen atoms in total. The van der Waals surface area contributed by atoms with Crippen LogP contribution in [0.4, 0.5) is 4.39 Å². The summed E-state index contributed by atoms with van der Waals surface area (Å²) in [6, 6.07) is 12.7. The lowest BCUT2D eigenvalue weighted by atomic mass is 10.2. The van der Waals surface area contributed by atoms with Crippen LogP contribution in [0.2, 0.25) is 0 Å². The number of benzene rings is 2. The lowest BCUT2D eigenvalue weighted by Crippen LogP contribution is -2.35. The number of hydrogen-bond acceptors (Lipinski definition) is 3. The van der Waals surface area contributed by atoms with Crippen molar-refractivity contribution in [2.24, 2.45) is 0 Å². The average molecular weight is 303 g/mol. The summed E-state index contributed by atoms with van der Waals surface area (Å²) < 4.78 is 18.2. The largest absolute Gasteiger partial charge is 0.491 e. The highest BCUT2D eigenvalue weighted by Gasteiger charge is 2.10. The van der Waals surface area contributed by atoms with Crippen LogP contribution in [0.1, 0.15) is 15.9 Å². The molecule has 2 N–H and O–H groups in total. The molecule has 0 saturated carbocycles. The zero-order chi connectivity index (χ0) is 15.9. The second-order valence-electron chi connectivity index (χ2n) is 5.00. The van der Waals surface area contributed by atoms with Crippen LogP contribution in [-0.2, 0) is 0 Å². The molecule has 0 radical (unpaired) electrons. The van der Waals surface area contributed by atoms with Crippen molar-refractivity contribution < 1.29 is 19.0 Å². The summed E-state index contributed by atoms with van der Waals surface area (Å²) in [7, 11) is 0. The van der Waals surface area contributed by atoms with Gasteiger partial charge in [-0.2, -0.15) is 0 Å². The summed E-state index contributed by atoms with van der Waals surface area (Å²) in [4.78, 5) is 11.8. The molecule has 0 saturated heterocycles. The van der Waals surface area contributed by atoms with E-state index in [-0.39, 0.29) is 19.1 Å². The maximum absolute atomic E-state index is 12.8. The number of halogens is 1. The fourth-order valence-corrected chi connectivity index (χ4v) is 1.87. The van der Waals surface area contributed by atoms with E-state index < -0.39 is 11.9 Å². The first-order chi connectivity index (χ1) is 10.5. The first-order valence-corrected chi connectivity index (χ1v) is 6.96. The van der Waals surface area contributed by atoms with Crippen LogP contribution >= 0.6 is 0 Å². The molecule has 0 aliphatic heterocycles. The lowest BCUT2D eigenvalue weighted by Gasteiger charge is -2.13. The molecule has 0 spiro atoms. The van der Waals surface area contributed by atoms with E-state index in [0.717, 1.165) is 5.56 Å². The molecule has 2 aromatic carbocycles. The van der Waals surface area contributed by atoms with Crippen LogP contribution in [0.5, 0.6) is 5.75 Å². The molecular weight excluding hydrogens is 285 g/mol. The van der Waals surface area contributed by atoms with Crippen molar-refractivity contribution in [3.8, 4) is 5.75 Å². The Morgan fingerprint density at radius 2 is 2.00 bits per heavy atom. The van der Waals surface area contributed by atoms with Crippen molar-refractivity contribution in [2.45, 2.75) is 13.0 Å². The van der Waals surface area contributed by atoms with E-state index in [9.17, 15) is 14.3 Å². The van der Waals surface area contributed by atoms with Crippen molar-refractivity contribution in [1.82, 2.24) is 5.32 Å². The normalized spacial score (nSPS) is 11.8. The third kappa shape index (κ3) is 4.86. The summed E-state index contributed by atoms with van der Waals surface area (Å²) in [5, 5.41) is 12.4. The second kappa shape index (κ2) is 7.56. The smallest absolute Gasteiger partial charge is 0.251 e. The fourth-order valence-electron chi connectivity index (χ4n) is 1.87. The van der Waals surface area contributed by atoms with Crippen molar-refractivity contribution in [3.05, 3.63) is 65.5 Å². The number of aliphatic hydroxyl groups is 1. The second-order valence-corrected chi connectivity index (χ2v) is 5.00. The average Bonchev–Trinajstić information content (AvgIpc) is 2.51. The minimum Gasteiger partial charge on any atom is -0.491 e. The Labute approximate surface area is 128 Å². The molecule has 0 aliphatic carbocycles. The predicted octanol–water partition coefficient (Wildman–Crippen LogP) is 2.30. The number of carbonyl (C=O) groups excluding carboxylic acids is 1. The Bertz CT molecular complexity index is 628. The Morgan fingerprint density at radius 1 is 1.27 bits per heavy atom. The van der Waals surface area contributed by atoms with Gasteiger partial charge in [-0.15, -0.1) is 0 Å². The van der Waals surface area contributed by atoms with Gasteiger partial charge in [0.15, 0.2) is 0 Å². The zero-order valence-corrected chi connectivity index (χ0v) is 12.3. The van der Waals surface area contributed by atoms with Crippen LogP contribution in [0.3, 0.4) is 0 Å². The Balaban J connectivity index is 1.76. The number of nitrogens with one attached hydrogen (secondary N) is 1. The molecule has 2 rings (SSSR count). The highest BCUT2D eigenvalue weighted by Crippen LogP contribution is 2.12. The minimum absolute atomic E-state index is 0.0576. The van der Waals surface area contributed by atoms with Gasteiger partial charge in [-0.05, 0) is 48.9 Å². The molecule has 1 unspecified atom stereocenters. The number of amides is 1. The van der Waals surface area contributed by atoms with Crippen molar-refractivity contribution in [1.29, 1.82) is 0 Å². The van der Waals surface area contributed by atoms with Gasteiger partial charge in [0, 0.05) is 12.1 Å². The molecule has 116 valence electrons. The Morgan fingerprint density at radius 3 is 2.68 bits per heavy atom. The SMILES string of the molecule is Cc1cccc(OCC(O)CNC(=O)c2ccc(F)cc2)c1. The molecule has 0 fully saturated rings. The molecule has 2 aromatic rings. The van der Waals surface area contributed by atoms with Crippen LogP contribution in [0.15, 0.2) is 48.5 Å². The zero-order valence-electron chi connectivity index (χ0n) is 12.3. The van der Waals surface area contributed by atoms with Crippen LogP contribution in [-0.4, -0.2) is 30.3 Å². The van der Waals surface area contributed by atoms with E-state index >= 15 is 0 Å². The summed E-state index contributed by atoms with van der Waals surface area (Å²) in [5.41, 5.74) is 1.41. The summed E-state index contributed by atoms with van der Waals surface area (Å²) in [6.45, 7) is 2.08. The van der Waals surface area contributed by atoms with E-state index in [1.807, 2.05) is 25.1 Å². The van der Waals surface area contributed by atoms with Gasteiger partial charge < -0.3 is 15.2 Å². The summed E-state index contributed by atoms with van der Waals surface area (Å²) >= 11 is 0. The van der Waals surface area contributed by atoms with Gasteiger partial charge in [-0.25, -0.2) is 4.39 Å². The maximum Gasteiger partial charge on any atom is 0.251 e. The van der Waals surface area contributed by atoms with Crippen LogP contribution < -0.4 is 10.1 Å². The molecule has 1 amide bonds. The standard InChI is InChI=1S/C17H18FNO3/c1-12-3-2-4-16(9-12)22-11-15(20)10-19-17(21)13-5-7-14(18)8-6-13/h2-9,15,20H,10-11H2,1H3,(H,19,21). The van der Waals surface area contributed by atoms with Crippen LogP contribution in [0.25, 0.3) is 0 Å². The Kier molecular flexibility index (Phi) is 5.49. The molecule has 0 bridgehead atoms. The third-order valence-electron chi connectivity index (χ3n) is 3.04. The van der Waals surface area contributed by atoms with Crippen molar-refractivity contribution in [2.75, 3.05) is 13.2 Å². The van der Waals surface area contributed by atoms with Crippen LogP contribution in [0, 0.1) is 12.7 Å². The van der Waals surface area contributed by atoms with E-state index in [0.29, 0.717) is 11.3 Å². The van der Waals surface area contributed by atoms with Crippen molar-refractivity contribution >= 4 is 5.91 Å². The molecule has 5 heteroatoms. The van der Waals surface area contributed by atoms with Gasteiger partial charge in [0.2, 0.25) is 0 Å². The quantitative estimate of drug-likeness (QED) is 0.861. The molecule has 0 aromatic heterocycles. The number of aryl methyl sites for hydroxylation is 1. The van der Waals surface area contributed by atoms with Gasteiger partial charge in [0.1, 0.15) is 24.3 Å². The Hall–Kier alpha value is -2.40. The van der Waals surface area contributed by atoms with E-state index in [2.05, 4.69) is 5.32 Å². The van der Waals surface area contributed by atoms with Gasteiger partial charge in [0.05, 0.1) is 0 Å². The first-order valence-electron chi connectivity index (χ1n) is 6.96. The maximum atomic E-state index is 12.8. The van der Waals surface area contributed by atoms with E-state index in [1.54, 1.807) is 6.07 Å². The number of aliphatic hydroxyl groups excluding tert-OH is 1. The summed E-state index contributed by atoms with van der Waals surface area (Å²) in [5.74, 6) is -0.0957. The van der Waals surface area contributed by atoms with Gasteiger partial charge in [-0.3, -0.25) is 4.79 Å². The molecule has 0 aliphatic rings. The summed E-state index contributed by atoms with van der Waals surface area (Å²) in [6.07, 6.45) is -0.829. The van der Waals surface area contributed by atoms with Gasteiger partial charge >= 0.3 is 0 Å². The number of ether oxygens (including phenoxy) is 1. The molecule has 1 atom stereocenters. The third-order valence-corrected chi connectivity index (χ3v) is 3.04. The number of rotatable bonds is 6. The topological polar surface area (TPSA) is 58.6 Å².